The Morgan fingerprint density at radius 3 is 2.36 bits per heavy atom. The minimum Gasteiger partial charge on any atom is -0.478 e. The lowest BCUT2D eigenvalue weighted by Crippen LogP contribution is -2.43. The average Bonchev–Trinajstić information content (AvgIpc) is 2.46. The van der Waals surface area contributed by atoms with Crippen LogP contribution in [0.25, 0.3) is 0 Å². The molecular weight excluding hydrogens is 282 g/mol. The van der Waals surface area contributed by atoms with E-state index in [0.717, 1.165) is 18.4 Å². The third-order valence-corrected chi connectivity index (χ3v) is 4.32. The molecule has 22 heavy (non-hydrogen) atoms. The number of benzene rings is 1. The van der Waals surface area contributed by atoms with E-state index in [1.54, 1.807) is 31.1 Å². The van der Waals surface area contributed by atoms with Gasteiger partial charge in [-0.05, 0) is 48.9 Å². The van der Waals surface area contributed by atoms with Crippen molar-refractivity contribution >= 4 is 11.9 Å². The summed E-state index contributed by atoms with van der Waals surface area (Å²) in [6.07, 6.45) is 1.79. The van der Waals surface area contributed by atoms with Gasteiger partial charge in [0.15, 0.2) is 0 Å². The predicted molar refractivity (Wildman–Crippen MR) is 83.3 cm³/mol. The Hall–Kier alpha value is -1.88. The molecule has 0 saturated carbocycles. The zero-order valence-electron chi connectivity index (χ0n) is 13.4. The standard InChI is InChI=1S/C17H23NO4/c1-12-8-13(10-14(9-12)16(20)21)15(19)18-6-4-17(2,5-7-18)11-22-3/h8-10H,4-7,11H2,1-3H3,(H,20,21). The maximum atomic E-state index is 12.6. The van der Waals surface area contributed by atoms with E-state index >= 15 is 0 Å². The lowest BCUT2D eigenvalue weighted by molar-refractivity contribution is 0.0301. The molecule has 2 rings (SSSR count). The van der Waals surface area contributed by atoms with Gasteiger partial charge in [0.05, 0.1) is 12.2 Å². The average molecular weight is 305 g/mol. The first-order chi connectivity index (χ1) is 10.3. The van der Waals surface area contributed by atoms with E-state index in [1.165, 1.54) is 6.07 Å². The molecule has 0 unspecified atom stereocenters. The molecule has 0 atom stereocenters. The quantitative estimate of drug-likeness (QED) is 0.928. The summed E-state index contributed by atoms with van der Waals surface area (Å²) in [5.41, 5.74) is 1.51. The third kappa shape index (κ3) is 3.65. The highest BCUT2D eigenvalue weighted by Gasteiger charge is 2.32. The maximum Gasteiger partial charge on any atom is 0.335 e. The normalized spacial score (nSPS) is 17.3. The zero-order chi connectivity index (χ0) is 16.3. The van der Waals surface area contributed by atoms with Crippen LogP contribution in [-0.2, 0) is 4.74 Å². The molecule has 5 heteroatoms. The summed E-state index contributed by atoms with van der Waals surface area (Å²) in [5.74, 6) is -1.10. The van der Waals surface area contributed by atoms with Crippen molar-refractivity contribution in [3.05, 3.63) is 34.9 Å². The number of ether oxygens (including phenoxy) is 1. The first-order valence-electron chi connectivity index (χ1n) is 7.48. The fourth-order valence-corrected chi connectivity index (χ4v) is 2.96. The Kier molecular flexibility index (Phi) is 4.86. The Balaban J connectivity index is 2.12. The van der Waals surface area contributed by atoms with Crippen LogP contribution < -0.4 is 0 Å². The molecule has 1 aliphatic heterocycles. The molecule has 5 nitrogen and oxygen atoms in total. The van der Waals surface area contributed by atoms with Crippen LogP contribution in [0.3, 0.4) is 0 Å². The van der Waals surface area contributed by atoms with E-state index in [0.29, 0.717) is 25.3 Å². The Bertz CT molecular complexity index is 574. The summed E-state index contributed by atoms with van der Waals surface area (Å²) in [5, 5.41) is 9.11. The Morgan fingerprint density at radius 2 is 1.82 bits per heavy atom. The first kappa shape index (κ1) is 16.5. The van der Waals surface area contributed by atoms with Crippen molar-refractivity contribution < 1.29 is 19.4 Å². The van der Waals surface area contributed by atoms with Gasteiger partial charge in [0.1, 0.15) is 0 Å². The van der Waals surface area contributed by atoms with Crippen molar-refractivity contribution in [1.82, 2.24) is 4.90 Å². The fourth-order valence-electron chi connectivity index (χ4n) is 2.96. The molecule has 0 bridgehead atoms. The highest BCUT2D eigenvalue weighted by atomic mass is 16.5. The molecule has 120 valence electrons. The molecule has 1 saturated heterocycles. The van der Waals surface area contributed by atoms with Gasteiger partial charge in [-0.1, -0.05) is 6.92 Å². The largest absolute Gasteiger partial charge is 0.478 e. The van der Waals surface area contributed by atoms with Crippen LogP contribution in [0.5, 0.6) is 0 Å². The van der Waals surface area contributed by atoms with Crippen molar-refractivity contribution in [3.63, 3.8) is 0 Å². The molecule has 1 aromatic rings. The summed E-state index contributed by atoms with van der Waals surface area (Å²) >= 11 is 0. The number of carboxylic acids is 1. The number of aromatic carboxylic acids is 1. The topological polar surface area (TPSA) is 66.8 Å². The second-order valence-electron chi connectivity index (χ2n) is 6.43. The molecule has 0 aromatic heterocycles. The smallest absolute Gasteiger partial charge is 0.335 e. The monoisotopic (exact) mass is 305 g/mol. The summed E-state index contributed by atoms with van der Waals surface area (Å²) in [4.78, 5) is 25.5. The van der Waals surface area contributed by atoms with Crippen LogP contribution in [0, 0.1) is 12.3 Å². The van der Waals surface area contributed by atoms with Crippen molar-refractivity contribution in [3.8, 4) is 0 Å². The number of likely N-dealkylation sites (tertiary alicyclic amines) is 1. The Morgan fingerprint density at radius 1 is 1.23 bits per heavy atom. The number of carboxylic acid groups (broad SMARTS) is 1. The van der Waals surface area contributed by atoms with Crippen LogP contribution in [0.2, 0.25) is 0 Å². The molecule has 1 amide bonds. The number of carbonyl (C=O) groups is 2. The number of amides is 1. The molecule has 1 heterocycles. The third-order valence-electron chi connectivity index (χ3n) is 4.32. The van der Waals surface area contributed by atoms with E-state index in [1.807, 2.05) is 0 Å². The van der Waals surface area contributed by atoms with Crippen molar-refractivity contribution in [1.29, 1.82) is 0 Å². The van der Waals surface area contributed by atoms with E-state index in [9.17, 15) is 9.59 Å². The lowest BCUT2D eigenvalue weighted by Gasteiger charge is -2.39. The highest BCUT2D eigenvalue weighted by Crippen LogP contribution is 2.31. The number of piperidine rings is 1. The lowest BCUT2D eigenvalue weighted by atomic mass is 9.81. The van der Waals surface area contributed by atoms with Crippen LogP contribution in [0.1, 0.15) is 46.0 Å². The number of rotatable bonds is 4. The number of hydrogen-bond donors (Lipinski definition) is 1. The molecule has 0 radical (unpaired) electrons. The van der Waals surface area contributed by atoms with Crippen LogP contribution in [-0.4, -0.2) is 48.7 Å². The van der Waals surface area contributed by atoms with Gasteiger partial charge < -0.3 is 14.7 Å². The number of aryl methyl sites for hydroxylation is 1. The molecule has 1 N–H and O–H groups in total. The fraction of sp³-hybridized carbons (Fsp3) is 0.529. The number of carbonyl (C=O) groups excluding carboxylic acids is 1. The summed E-state index contributed by atoms with van der Waals surface area (Å²) in [7, 11) is 1.70. The molecular formula is C17H23NO4. The summed E-state index contributed by atoms with van der Waals surface area (Å²) < 4.78 is 5.25. The van der Waals surface area contributed by atoms with E-state index in [4.69, 9.17) is 9.84 Å². The minimum absolute atomic E-state index is 0.0920. The minimum atomic E-state index is -1.01. The van der Waals surface area contributed by atoms with Gasteiger partial charge in [0, 0.05) is 25.8 Å². The summed E-state index contributed by atoms with van der Waals surface area (Å²) in [6.45, 7) is 6.02. The second kappa shape index (κ2) is 6.48. The first-order valence-corrected chi connectivity index (χ1v) is 7.48. The molecule has 0 aliphatic carbocycles. The van der Waals surface area contributed by atoms with Gasteiger partial charge in [0.2, 0.25) is 0 Å². The van der Waals surface area contributed by atoms with Gasteiger partial charge >= 0.3 is 5.97 Å². The maximum absolute atomic E-state index is 12.6. The zero-order valence-corrected chi connectivity index (χ0v) is 13.4. The van der Waals surface area contributed by atoms with Crippen molar-refractivity contribution in [2.24, 2.45) is 5.41 Å². The van der Waals surface area contributed by atoms with Crippen LogP contribution in [0.15, 0.2) is 18.2 Å². The van der Waals surface area contributed by atoms with Gasteiger partial charge in [-0.25, -0.2) is 4.79 Å². The molecule has 0 spiro atoms. The molecule has 1 aromatic carbocycles. The number of nitrogens with zero attached hydrogens (tertiary/aromatic N) is 1. The van der Waals surface area contributed by atoms with Crippen LogP contribution >= 0.6 is 0 Å². The van der Waals surface area contributed by atoms with Gasteiger partial charge in [-0.3, -0.25) is 4.79 Å². The van der Waals surface area contributed by atoms with Crippen molar-refractivity contribution in [2.75, 3.05) is 26.8 Å². The predicted octanol–water partition coefficient (Wildman–Crippen LogP) is 2.58. The van der Waals surface area contributed by atoms with E-state index in [-0.39, 0.29) is 16.9 Å². The van der Waals surface area contributed by atoms with Gasteiger partial charge in [-0.2, -0.15) is 0 Å². The van der Waals surface area contributed by atoms with Crippen LogP contribution in [0.4, 0.5) is 0 Å². The molecule has 1 fully saturated rings. The van der Waals surface area contributed by atoms with E-state index in [2.05, 4.69) is 6.92 Å². The van der Waals surface area contributed by atoms with E-state index < -0.39 is 5.97 Å². The van der Waals surface area contributed by atoms with Crippen molar-refractivity contribution in [2.45, 2.75) is 26.7 Å². The number of hydrogen-bond acceptors (Lipinski definition) is 3. The Labute approximate surface area is 130 Å². The SMILES string of the molecule is COCC1(C)CCN(C(=O)c2cc(C)cc(C(=O)O)c2)CC1. The summed E-state index contributed by atoms with van der Waals surface area (Å²) in [6, 6.07) is 4.78. The number of methoxy groups -OCH3 is 1. The second-order valence-corrected chi connectivity index (χ2v) is 6.43. The molecule has 1 aliphatic rings. The van der Waals surface area contributed by atoms with Gasteiger partial charge in [0.25, 0.3) is 5.91 Å². The highest BCUT2D eigenvalue weighted by molar-refractivity contribution is 5.97. The van der Waals surface area contributed by atoms with Gasteiger partial charge in [-0.15, -0.1) is 0 Å².